The van der Waals surface area contributed by atoms with E-state index in [1.54, 1.807) is 11.8 Å². The molecule has 2 amide bonds. The molecule has 2 fully saturated rings. The molecule has 2 rings (SSSR count). The number of rotatable bonds is 4. The largest absolute Gasteiger partial charge is 0.481 e. The van der Waals surface area contributed by atoms with E-state index in [0.717, 1.165) is 19.6 Å². The van der Waals surface area contributed by atoms with Crippen molar-refractivity contribution in [1.29, 1.82) is 0 Å². The second kappa shape index (κ2) is 6.43. The number of carboxylic acid groups (broad SMARTS) is 1. The molecule has 0 aromatic carbocycles. The quantitative estimate of drug-likeness (QED) is 0.806. The van der Waals surface area contributed by atoms with Crippen molar-refractivity contribution in [1.82, 2.24) is 15.1 Å². The molecule has 2 heterocycles. The zero-order valence-corrected chi connectivity index (χ0v) is 12.2. The summed E-state index contributed by atoms with van der Waals surface area (Å²) < 4.78 is 0. The number of urea groups is 1. The average molecular weight is 283 g/mol. The number of hydrogen-bond acceptors (Lipinski definition) is 3. The van der Waals surface area contributed by atoms with Crippen LogP contribution >= 0.6 is 0 Å². The third-order valence-corrected chi connectivity index (χ3v) is 4.43. The van der Waals surface area contributed by atoms with Crippen LogP contribution in [0.5, 0.6) is 0 Å². The lowest BCUT2D eigenvalue weighted by atomic mass is 9.90. The van der Waals surface area contributed by atoms with Crippen molar-refractivity contribution >= 4 is 12.0 Å². The zero-order valence-electron chi connectivity index (χ0n) is 12.2. The van der Waals surface area contributed by atoms with Crippen LogP contribution < -0.4 is 5.32 Å². The third kappa shape index (κ3) is 3.62. The van der Waals surface area contributed by atoms with Crippen LogP contribution in [0, 0.1) is 5.41 Å². The molecule has 2 aliphatic rings. The Kier molecular flexibility index (Phi) is 4.86. The molecular formula is C14H25N3O3. The van der Waals surface area contributed by atoms with Gasteiger partial charge < -0.3 is 20.2 Å². The molecule has 1 atom stereocenters. The molecular weight excluding hydrogens is 258 g/mol. The summed E-state index contributed by atoms with van der Waals surface area (Å²) >= 11 is 0. The van der Waals surface area contributed by atoms with Gasteiger partial charge in [-0.25, -0.2) is 4.79 Å². The van der Waals surface area contributed by atoms with E-state index >= 15 is 0 Å². The molecule has 0 aromatic rings. The first-order valence-electron chi connectivity index (χ1n) is 7.50. The van der Waals surface area contributed by atoms with E-state index < -0.39 is 11.4 Å². The fraction of sp³-hybridized carbons (Fsp3) is 0.857. The minimum atomic E-state index is -0.818. The van der Waals surface area contributed by atoms with E-state index in [4.69, 9.17) is 5.11 Å². The van der Waals surface area contributed by atoms with Gasteiger partial charge in [0.25, 0.3) is 0 Å². The molecule has 6 nitrogen and oxygen atoms in total. The predicted molar refractivity (Wildman–Crippen MR) is 75.6 cm³/mol. The highest BCUT2D eigenvalue weighted by Crippen LogP contribution is 2.29. The molecule has 0 aromatic heterocycles. The number of likely N-dealkylation sites (tertiary alicyclic amines) is 2. The van der Waals surface area contributed by atoms with E-state index in [2.05, 4.69) is 10.2 Å². The SMILES string of the molecule is CC1(C(=O)O)CCN(C(=O)NCCN2CCCCC2)C1. The van der Waals surface area contributed by atoms with Gasteiger partial charge in [-0.3, -0.25) is 4.79 Å². The van der Waals surface area contributed by atoms with Crippen LogP contribution in [0.2, 0.25) is 0 Å². The lowest BCUT2D eigenvalue weighted by Crippen LogP contribution is -2.44. The number of hydrogen-bond donors (Lipinski definition) is 2. The van der Waals surface area contributed by atoms with E-state index in [9.17, 15) is 9.59 Å². The Labute approximate surface area is 120 Å². The van der Waals surface area contributed by atoms with Gasteiger partial charge in [0.15, 0.2) is 0 Å². The van der Waals surface area contributed by atoms with Gasteiger partial charge in [-0.05, 0) is 39.3 Å². The molecule has 0 radical (unpaired) electrons. The molecule has 114 valence electrons. The topological polar surface area (TPSA) is 72.9 Å². The molecule has 6 heteroatoms. The van der Waals surface area contributed by atoms with Gasteiger partial charge in [0.1, 0.15) is 0 Å². The Morgan fingerprint density at radius 1 is 1.20 bits per heavy atom. The van der Waals surface area contributed by atoms with Crippen molar-refractivity contribution in [2.45, 2.75) is 32.6 Å². The van der Waals surface area contributed by atoms with Gasteiger partial charge in [0, 0.05) is 26.2 Å². The van der Waals surface area contributed by atoms with E-state index in [-0.39, 0.29) is 6.03 Å². The minimum Gasteiger partial charge on any atom is -0.481 e. The van der Waals surface area contributed by atoms with Gasteiger partial charge >= 0.3 is 12.0 Å². The van der Waals surface area contributed by atoms with Crippen LogP contribution in [0.15, 0.2) is 0 Å². The Morgan fingerprint density at radius 3 is 2.50 bits per heavy atom. The molecule has 0 bridgehead atoms. The highest BCUT2D eigenvalue weighted by Gasteiger charge is 2.42. The van der Waals surface area contributed by atoms with Gasteiger partial charge in [0.2, 0.25) is 0 Å². The Balaban J connectivity index is 1.69. The van der Waals surface area contributed by atoms with Crippen LogP contribution in [0.1, 0.15) is 32.6 Å². The van der Waals surface area contributed by atoms with Crippen molar-refractivity contribution < 1.29 is 14.7 Å². The number of piperidine rings is 1. The summed E-state index contributed by atoms with van der Waals surface area (Å²) in [6.07, 6.45) is 4.33. The van der Waals surface area contributed by atoms with Crippen LogP contribution in [0.3, 0.4) is 0 Å². The molecule has 2 aliphatic heterocycles. The molecule has 0 spiro atoms. The fourth-order valence-electron chi connectivity index (χ4n) is 2.92. The van der Waals surface area contributed by atoms with Crippen LogP contribution in [0.4, 0.5) is 4.79 Å². The summed E-state index contributed by atoms with van der Waals surface area (Å²) in [5.74, 6) is -0.818. The lowest BCUT2D eigenvalue weighted by molar-refractivity contribution is -0.146. The Morgan fingerprint density at radius 2 is 1.90 bits per heavy atom. The number of nitrogens with one attached hydrogen (secondary N) is 1. The summed E-state index contributed by atoms with van der Waals surface area (Å²) in [6, 6.07) is -0.132. The maximum Gasteiger partial charge on any atom is 0.317 e. The Bertz CT molecular complexity index is 369. The maximum absolute atomic E-state index is 12.0. The number of nitrogens with zero attached hydrogens (tertiary/aromatic N) is 2. The van der Waals surface area contributed by atoms with Gasteiger partial charge in [-0.15, -0.1) is 0 Å². The monoisotopic (exact) mass is 283 g/mol. The molecule has 2 N–H and O–H groups in total. The summed E-state index contributed by atoms with van der Waals surface area (Å²) in [5.41, 5.74) is -0.787. The van der Waals surface area contributed by atoms with Crippen molar-refractivity contribution in [3.05, 3.63) is 0 Å². The van der Waals surface area contributed by atoms with Gasteiger partial charge in [-0.1, -0.05) is 6.42 Å². The Hall–Kier alpha value is -1.30. The van der Waals surface area contributed by atoms with E-state index in [1.165, 1.54) is 19.3 Å². The zero-order chi connectivity index (χ0) is 14.6. The predicted octanol–water partition coefficient (Wildman–Crippen LogP) is 0.979. The highest BCUT2D eigenvalue weighted by molar-refractivity contribution is 5.79. The summed E-state index contributed by atoms with van der Waals surface area (Å²) in [7, 11) is 0. The molecule has 2 saturated heterocycles. The smallest absolute Gasteiger partial charge is 0.317 e. The summed E-state index contributed by atoms with van der Waals surface area (Å²) in [5, 5.41) is 12.1. The number of carbonyl (C=O) groups is 2. The standard InChI is InChI=1S/C14H25N3O3/c1-14(12(18)19)5-9-17(11-14)13(20)15-6-10-16-7-3-2-4-8-16/h2-11H2,1H3,(H,15,20)(H,18,19). The van der Waals surface area contributed by atoms with Gasteiger partial charge in [0.05, 0.1) is 5.41 Å². The summed E-state index contributed by atoms with van der Waals surface area (Å²) in [6.45, 7) is 6.30. The maximum atomic E-state index is 12.0. The third-order valence-electron chi connectivity index (χ3n) is 4.43. The van der Waals surface area contributed by atoms with Crippen molar-refractivity contribution in [3.8, 4) is 0 Å². The molecule has 0 saturated carbocycles. The van der Waals surface area contributed by atoms with E-state index in [1.807, 2.05) is 0 Å². The second-order valence-electron chi connectivity index (χ2n) is 6.17. The molecule has 0 aliphatic carbocycles. The lowest BCUT2D eigenvalue weighted by Gasteiger charge is -2.27. The van der Waals surface area contributed by atoms with Crippen LogP contribution in [-0.2, 0) is 4.79 Å². The second-order valence-corrected chi connectivity index (χ2v) is 6.17. The number of carbonyl (C=O) groups excluding carboxylic acids is 1. The first-order valence-corrected chi connectivity index (χ1v) is 7.50. The van der Waals surface area contributed by atoms with Crippen molar-refractivity contribution in [2.24, 2.45) is 5.41 Å². The fourth-order valence-corrected chi connectivity index (χ4v) is 2.92. The van der Waals surface area contributed by atoms with Crippen molar-refractivity contribution in [3.63, 3.8) is 0 Å². The number of carboxylic acids is 1. The number of aliphatic carboxylic acids is 1. The van der Waals surface area contributed by atoms with Crippen molar-refractivity contribution in [2.75, 3.05) is 39.3 Å². The van der Waals surface area contributed by atoms with Gasteiger partial charge in [-0.2, -0.15) is 0 Å². The van der Waals surface area contributed by atoms with Crippen LogP contribution in [-0.4, -0.2) is 66.2 Å². The van der Waals surface area contributed by atoms with E-state index in [0.29, 0.717) is 26.1 Å². The molecule has 20 heavy (non-hydrogen) atoms. The average Bonchev–Trinajstić information content (AvgIpc) is 2.84. The normalized spacial score (nSPS) is 27.6. The summed E-state index contributed by atoms with van der Waals surface area (Å²) in [4.78, 5) is 27.1. The van der Waals surface area contributed by atoms with Crippen LogP contribution in [0.25, 0.3) is 0 Å². The minimum absolute atomic E-state index is 0.132. The first-order chi connectivity index (χ1) is 9.51. The first kappa shape index (κ1) is 15.1. The highest BCUT2D eigenvalue weighted by atomic mass is 16.4. The number of amides is 2. The molecule has 1 unspecified atom stereocenters.